The van der Waals surface area contributed by atoms with Crippen molar-refractivity contribution in [3.8, 4) is 0 Å². The summed E-state index contributed by atoms with van der Waals surface area (Å²) >= 11 is 1.56. The van der Waals surface area contributed by atoms with Crippen LogP contribution in [0.3, 0.4) is 0 Å². The van der Waals surface area contributed by atoms with Gasteiger partial charge in [-0.05, 0) is 53.9 Å². The van der Waals surface area contributed by atoms with E-state index in [0.717, 1.165) is 16.0 Å². The number of carbonyl (C=O) groups is 1. The topological polar surface area (TPSA) is 33.2 Å². The van der Waals surface area contributed by atoms with Crippen molar-refractivity contribution in [2.45, 2.75) is 31.3 Å². The Labute approximate surface area is 169 Å². The van der Waals surface area contributed by atoms with E-state index in [2.05, 4.69) is 24.0 Å². The average molecular weight is 395 g/mol. The van der Waals surface area contributed by atoms with Crippen molar-refractivity contribution < 1.29 is 9.18 Å². The Kier molecular flexibility index (Phi) is 7.20. The lowest BCUT2D eigenvalue weighted by atomic mass is 10.1. The van der Waals surface area contributed by atoms with Crippen LogP contribution in [0, 0.1) is 12.7 Å². The van der Waals surface area contributed by atoms with Crippen LogP contribution in [-0.2, 0) is 17.9 Å². The Bertz CT molecular complexity index is 900. The predicted molar refractivity (Wildman–Crippen MR) is 111 cm³/mol. The van der Waals surface area contributed by atoms with Gasteiger partial charge in [0.2, 0.25) is 5.91 Å². The molecule has 0 aliphatic rings. The van der Waals surface area contributed by atoms with E-state index in [1.54, 1.807) is 36.3 Å². The number of hydrogen-bond donors (Lipinski definition) is 0. The van der Waals surface area contributed by atoms with Crippen LogP contribution in [0.4, 0.5) is 4.39 Å². The normalized spacial score (nSPS) is 10.6. The average Bonchev–Trinajstić information content (AvgIpc) is 2.71. The van der Waals surface area contributed by atoms with Crippen LogP contribution in [0.5, 0.6) is 0 Å². The van der Waals surface area contributed by atoms with Crippen LogP contribution in [0.15, 0.2) is 78.0 Å². The molecule has 0 bridgehead atoms. The molecule has 0 N–H and O–H groups in total. The van der Waals surface area contributed by atoms with Gasteiger partial charge in [0.25, 0.3) is 0 Å². The van der Waals surface area contributed by atoms with Crippen LogP contribution in [0.1, 0.15) is 23.1 Å². The van der Waals surface area contributed by atoms with Gasteiger partial charge in [0.15, 0.2) is 0 Å². The summed E-state index contributed by atoms with van der Waals surface area (Å²) < 4.78 is 13.0. The number of benzene rings is 2. The molecule has 0 spiro atoms. The molecule has 0 aliphatic heterocycles. The van der Waals surface area contributed by atoms with Gasteiger partial charge in [0.05, 0.1) is 0 Å². The van der Waals surface area contributed by atoms with E-state index in [1.807, 2.05) is 29.2 Å². The van der Waals surface area contributed by atoms with E-state index in [4.69, 9.17) is 0 Å². The summed E-state index contributed by atoms with van der Waals surface area (Å²) in [5.41, 5.74) is 3.33. The fourth-order valence-electron chi connectivity index (χ4n) is 2.88. The third-order valence-corrected chi connectivity index (χ3v) is 5.48. The first-order chi connectivity index (χ1) is 13.6. The van der Waals surface area contributed by atoms with Crippen molar-refractivity contribution in [2.75, 3.05) is 5.75 Å². The number of halogens is 1. The van der Waals surface area contributed by atoms with E-state index in [1.165, 1.54) is 17.7 Å². The summed E-state index contributed by atoms with van der Waals surface area (Å²) in [6.45, 7) is 3.16. The Morgan fingerprint density at radius 1 is 1.04 bits per heavy atom. The van der Waals surface area contributed by atoms with Crippen molar-refractivity contribution in [1.29, 1.82) is 0 Å². The number of aryl methyl sites for hydroxylation is 1. The minimum absolute atomic E-state index is 0.0988. The summed E-state index contributed by atoms with van der Waals surface area (Å²) in [4.78, 5) is 19.9. The molecule has 0 radical (unpaired) electrons. The quantitative estimate of drug-likeness (QED) is 0.490. The summed E-state index contributed by atoms with van der Waals surface area (Å²) in [5.74, 6) is 0.505. The van der Waals surface area contributed by atoms with Crippen molar-refractivity contribution in [3.05, 3.63) is 95.6 Å². The van der Waals surface area contributed by atoms with Gasteiger partial charge in [0, 0.05) is 42.6 Å². The molecular formula is C23H23FN2OS. The zero-order valence-electron chi connectivity index (χ0n) is 15.8. The first-order valence-corrected chi connectivity index (χ1v) is 10.2. The molecule has 0 aliphatic carbocycles. The maximum Gasteiger partial charge on any atom is 0.224 e. The van der Waals surface area contributed by atoms with E-state index in [0.29, 0.717) is 25.3 Å². The van der Waals surface area contributed by atoms with E-state index >= 15 is 0 Å². The molecule has 3 aromatic rings. The van der Waals surface area contributed by atoms with Crippen LogP contribution in [-0.4, -0.2) is 21.5 Å². The van der Waals surface area contributed by atoms with Gasteiger partial charge in [0.1, 0.15) is 5.82 Å². The largest absolute Gasteiger partial charge is 0.334 e. The number of amides is 1. The Morgan fingerprint density at radius 2 is 1.82 bits per heavy atom. The lowest BCUT2D eigenvalue weighted by molar-refractivity contribution is -0.132. The van der Waals surface area contributed by atoms with Crippen molar-refractivity contribution >= 4 is 17.7 Å². The first-order valence-electron chi connectivity index (χ1n) is 9.21. The summed E-state index contributed by atoms with van der Waals surface area (Å²) in [6, 6.07) is 18.4. The maximum absolute atomic E-state index is 13.0. The van der Waals surface area contributed by atoms with Crippen LogP contribution in [0.2, 0.25) is 0 Å². The summed E-state index contributed by atoms with van der Waals surface area (Å²) in [6.07, 6.45) is 3.95. The number of nitrogens with zero attached hydrogens (tertiary/aromatic N) is 2. The van der Waals surface area contributed by atoms with Crippen molar-refractivity contribution in [1.82, 2.24) is 9.88 Å². The number of pyridine rings is 1. The molecule has 0 fully saturated rings. The predicted octanol–water partition coefficient (Wildman–Crippen LogP) is 5.24. The molecule has 0 atom stereocenters. The smallest absolute Gasteiger partial charge is 0.224 e. The molecule has 144 valence electrons. The second-order valence-electron chi connectivity index (χ2n) is 6.59. The Morgan fingerprint density at radius 3 is 2.54 bits per heavy atom. The highest BCUT2D eigenvalue weighted by atomic mass is 32.2. The molecule has 0 unspecified atom stereocenters. The van der Waals surface area contributed by atoms with E-state index < -0.39 is 0 Å². The third-order valence-electron chi connectivity index (χ3n) is 4.47. The molecule has 0 saturated carbocycles. The standard InChI is InChI=1S/C23H23FN2OS/c1-18-5-2-3-7-20(18)17-26(16-19-6-4-13-25-15-19)23(27)12-14-28-22-10-8-21(24)9-11-22/h2-11,13,15H,12,14,16-17H2,1H3. The molecule has 1 heterocycles. The second-order valence-corrected chi connectivity index (χ2v) is 7.76. The molecule has 2 aromatic carbocycles. The SMILES string of the molecule is Cc1ccccc1CN(Cc1cccnc1)C(=O)CCSc1ccc(F)cc1. The highest BCUT2D eigenvalue weighted by Gasteiger charge is 2.15. The molecule has 1 amide bonds. The van der Waals surface area contributed by atoms with Crippen LogP contribution < -0.4 is 0 Å². The Balaban J connectivity index is 1.65. The molecule has 5 heteroatoms. The van der Waals surface area contributed by atoms with Crippen molar-refractivity contribution in [3.63, 3.8) is 0 Å². The Hall–Kier alpha value is -2.66. The summed E-state index contributed by atoms with van der Waals surface area (Å²) in [5, 5.41) is 0. The fourth-order valence-corrected chi connectivity index (χ4v) is 3.72. The fraction of sp³-hybridized carbons (Fsp3) is 0.217. The monoisotopic (exact) mass is 394 g/mol. The number of aromatic nitrogens is 1. The molecule has 3 nitrogen and oxygen atoms in total. The molecule has 3 rings (SSSR count). The van der Waals surface area contributed by atoms with Gasteiger partial charge in [-0.2, -0.15) is 0 Å². The minimum atomic E-state index is -0.249. The van der Waals surface area contributed by atoms with E-state index in [9.17, 15) is 9.18 Å². The van der Waals surface area contributed by atoms with Gasteiger partial charge in [-0.25, -0.2) is 4.39 Å². The highest BCUT2D eigenvalue weighted by Crippen LogP contribution is 2.20. The van der Waals surface area contributed by atoms with Gasteiger partial charge in [-0.3, -0.25) is 9.78 Å². The number of carbonyl (C=O) groups excluding carboxylic acids is 1. The lowest BCUT2D eigenvalue weighted by Crippen LogP contribution is -2.30. The molecule has 0 saturated heterocycles. The molecular weight excluding hydrogens is 371 g/mol. The first kappa shape index (κ1) is 20.1. The van der Waals surface area contributed by atoms with Crippen LogP contribution in [0.25, 0.3) is 0 Å². The van der Waals surface area contributed by atoms with Gasteiger partial charge >= 0.3 is 0 Å². The molecule has 1 aromatic heterocycles. The van der Waals surface area contributed by atoms with Gasteiger partial charge in [-0.1, -0.05) is 30.3 Å². The van der Waals surface area contributed by atoms with Crippen LogP contribution >= 0.6 is 11.8 Å². The maximum atomic E-state index is 13.0. The van der Waals surface area contributed by atoms with Gasteiger partial charge in [-0.15, -0.1) is 11.8 Å². The second kappa shape index (κ2) is 10.0. The number of thioether (sulfide) groups is 1. The lowest BCUT2D eigenvalue weighted by Gasteiger charge is -2.24. The van der Waals surface area contributed by atoms with Crippen molar-refractivity contribution in [2.24, 2.45) is 0 Å². The van der Waals surface area contributed by atoms with Gasteiger partial charge < -0.3 is 4.90 Å². The number of hydrogen-bond acceptors (Lipinski definition) is 3. The third kappa shape index (κ3) is 5.92. The molecule has 28 heavy (non-hydrogen) atoms. The minimum Gasteiger partial charge on any atom is -0.334 e. The van der Waals surface area contributed by atoms with E-state index in [-0.39, 0.29) is 11.7 Å². The zero-order chi connectivity index (χ0) is 19.8. The highest BCUT2D eigenvalue weighted by molar-refractivity contribution is 7.99. The number of rotatable bonds is 8. The summed E-state index contributed by atoms with van der Waals surface area (Å²) in [7, 11) is 0. The zero-order valence-corrected chi connectivity index (χ0v) is 16.7.